The Morgan fingerprint density at radius 1 is 1.08 bits per heavy atom. The molecule has 0 aliphatic carbocycles. The van der Waals surface area contributed by atoms with Crippen molar-refractivity contribution in [1.29, 1.82) is 0 Å². The summed E-state index contributed by atoms with van der Waals surface area (Å²) in [5.74, 6) is 0.555. The molecule has 0 fully saturated rings. The Morgan fingerprint density at radius 3 is 2.62 bits per heavy atom. The lowest BCUT2D eigenvalue weighted by atomic mass is 10.1. The molecule has 0 saturated heterocycles. The molecule has 1 aromatic heterocycles. The molecule has 1 amide bonds. The maximum absolute atomic E-state index is 12.0. The lowest BCUT2D eigenvalue weighted by Crippen LogP contribution is -2.14. The molecule has 1 heterocycles. The molecule has 0 unspecified atom stereocenters. The Morgan fingerprint density at radius 2 is 1.88 bits per heavy atom. The Kier molecular flexibility index (Phi) is 4.96. The summed E-state index contributed by atoms with van der Waals surface area (Å²) in [7, 11) is 0. The van der Waals surface area contributed by atoms with Crippen LogP contribution in [0.4, 0.5) is 5.69 Å². The van der Waals surface area contributed by atoms with Crippen LogP contribution >= 0.6 is 11.8 Å². The molecule has 1 N–H and O–H groups in total. The van der Waals surface area contributed by atoms with Crippen LogP contribution in [0.3, 0.4) is 0 Å². The molecule has 0 spiro atoms. The van der Waals surface area contributed by atoms with Crippen LogP contribution in [0.2, 0.25) is 0 Å². The first-order valence-corrected chi connectivity index (χ1v) is 8.49. The first-order chi connectivity index (χ1) is 11.6. The normalized spacial score (nSPS) is 10.6. The zero-order valence-electron chi connectivity index (χ0n) is 13.4. The summed E-state index contributed by atoms with van der Waals surface area (Å²) in [5.41, 5.74) is 3.99. The molecule has 3 aromatic rings. The van der Waals surface area contributed by atoms with Crippen molar-refractivity contribution < 1.29 is 9.21 Å². The van der Waals surface area contributed by atoms with E-state index in [0.717, 1.165) is 16.8 Å². The number of hydrogen-bond acceptors (Lipinski definition) is 5. The van der Waals surface area contributed by atoms with Crippen molar-refractivity contribution in [2.45, 2.75) is 19.1 Å². The number of nitrogens with zero attached hydrogens (tertiary/aromatic N) is 2. The van der Waals surface area contributed by atoms with Gasteiger partial charge in [-0.15, -0.1) is 10.2 Å². The van der Waals surface area contributed by atoms with E-state index in [-0.39, 0.29) is 11.7 Å². The Hall–Kier alpha value is -2.60. The number of carbonyl (C=O) groups excluding carboxylic acids is 1. The molecule has 2 aromatic carbocycles. The van der Waals surface area contributed by atoms with Crippen molar-refractivity contribution >= 4 is 23.4 Å². The number of aromatic nitrogens is 2. The SMILES string of the molecule is Cc1ccc(NC(=O)CSc2nnc(-c3ccccc3)o2)cc1C. The molecule has 0 bridgehead atoms. The van der Waals surface area contributed by atoms with Crippen LogP contribution in [0.25, 0.3) is 11.5 Å². The molecule has 24 heavy (non-hydrogen) atoms. The number of amides is 1. The summed E-state index contributed by atoms with van der Waals surface area (Å²) in [6, 6.07) is 15.4. The molecule has 0 saturated carbocycles. The Labute approximate surface area is 144 Å². The zero-order chi connectivity index (χ0) is 16.9. The monoisotopic (exact) mass is 339 g/mol. The van der Waals surface area contributed by atoms with E-state index in [0.29, 0.717) is 11.1 Å². The van der Waals surface area contributed by atoms with E-state index in [2.05, 4.69) is 15.5 Å². The summed E-state index contributed by atoms with van der Waals surface area (Å²) in [6.07, 6.45) is 0. The lowest BCUT2D eigenvalue weighted by Gasteiger charge is -2.06. The van der Waals surface area contributed by atoms with E-state index in [4.69, 9.17) is 4.42 Å². The summed E-state index contributed by atoms with van der Waals surface area (Å²) < 4.78 is 5.57. The van der Waals surface area contributed by atoms with Crippen LogP contribution < -0.4 is 5.32 Å². The van der Waals surface area contributed by atoms with Crippen LogP contribution in [0, 0.1) is 13.8 Å². The molecule has 6 heteroatoms. The van der Waals surface area contributed by atoms with Gasteiger partial charge < -0.3 is 9.73 Å². The summed E-state index contributed by atoms with van der Waals surface area (Å²) in [4.78, 5) is 12.0. The molecule has 122 valence electrons. The minimum atomic E-state index is -0.109. The van der Waals surface area contributed by atoms with Gasteiger partial charge in [0.15, 0.2) is 0 Å². The van der Waals surface area contributed by atoms with Gasteiger partial charge in [0.2, 0.25) is 11.8 Å². The van der Waals surface area contributed by atoms with E-state index in [1.54, 1.807) is 0 Å². The number of hydrogen-bond donors (Lipinski definition) is 1. The number of nitrogens with one attached hydrogen (secondary N) is 1. The maximum Gasteiger partial charge on any atom is 0.277 e. The fourth-order valence-corrected chi connectivity index (χ4v) is 2.67. The number of benzene rings is 2. The van der Waals surface area contributed by atoms with Crippen molar-refractivity contribution in [2.75, 3.05) is 11.1 Å². The zero-order valence-corrected chi connectivity index (χ0v) is 14.3. The summed E-state index contributed by atoms with van der Waals surface area (Å²) in [6.45, 7) is 4.06. The number of carbonyl (C=O) groups is 1. The summed E-state index contributed by atoms with van der Waals surface area (Å²) in [5, 5.41) is 11.2. The van der Waals surface area contributed by atoms with E-state index in [1.807, 2.05) is 62.4 Å². The third-order valence-electron chi connectivity index (χ3n) is 3.54. The first kappa shape index (κ1) is 16.3. The molecular weight excluding hydrogens is 322 g/mol. The highest BCUT2D eigenvalue weighted by atomic mass is 32.2. The number of anilines is 1. The van der Waals surface area contributed by atoms with Gasteiger partial charge in [0.05, 0.1) is 5.75 Å². The van der Waals surface area contributed by atoms with E-state index in [1.165, 1.54) is 17.3 Å². The average molecular weight is 339 g/mol. The quantitative estimate of drug-likeness (QED) is 0.709. The number of aryl methyl sites for hydroxylation is 2. The van der Waals surface area contributed by atoms with Gasteiger partial charge in [-0.05, 0) is 49.2 Å². The Balaban J connectivity index is 1.56. The predicted molar refractivity (Wildman–Crippen MR) is 95.0 cm³/mol. The van der Waals surface area contributed by atoms with Crippen molar-refractivity contribution in [2.24, 2.45) is 0 Å². The van der Waals surface area contributed by atoms with Gasteiger partial charge in [0.25, 0.3) is 5.22 Å². The highest BCUT2D eigenvalue weighted by Crippen LogP contribution is 2.23. The fourth-order valence-electron chi connectivity index (χ4n) is 2.11. The minimum absolute atomic E-state index is 0.109. The van der Waals surface area contributed by atoms with Crippen LogP contribution in [0.15, 0.2) is 58.2 Å². The molecule has 0 radical (unpaired) electrons. The van der Waals surface area contributed by atoms with Gasteiger partial charge in [-0.25, -0.2) is 0 Å². The van der Waals surface area contributed by atoms with Gasteiger partial charge >= 0.3 is 0 Å². The van der Waals surface area contributed by atoms with Crippen molar-refractivity contribution in [3.8, 4) is 11.5 Å². The third kappa shape index (κ3) is 4.02. The molecular formula is C18H17N3O2S. The predicted octanol–water partition coefficient (Wildman–Crippen LogP) is 4.08. The van der Waals surface area contributed by atoms with Crippen molar-refractivity contribution in [3.63, 3.8) is 0 Å². The minimum Gasteiger partial charge on any atom is -0.411 e. The van der Waals surface area contributed by atoms with Crippen molar-refractivity contribution in [3.05, 3.63) is 59.7 Å². The molecule has 0 aliphatic heterocycles. The fraction of sp³-hybridized carbons (Fsp3) is 0.167. The van der Waals surface area contributed by atoms with E-state index < -0.39 is 0 Å². The van der Waals surface area contributed by atoms with Gasteiger partial charge in [0.1, 0.15) is 0 Å². The third-order valence-corrected chi connectivity index (χ3v) is 4.36. The number of rotatable bonds is 5. The first-order valence-electron chi connectivity index (χ1n) is 7.50. The smallest absolute Gasteiger partial charge is 0.277 e. The number of thioether (sulfide) groups is 1. The maximum atomic E-state index is 12.0. The van der Waals surface area contributed by atoms with Gasteiger partial charge in [0, 0.05) is 11.3 Å². The second-order valence-corrected chi connectivity index (χ2v) is 6.30. The highest BCUT2D eigenvalue weighted by Gasteiger charge is 2.11. The van der Waals surface area contributed by atoms with Crippen LogP contribution in [0.1, 0.15) is 11.1 Å². The van der Waals surface area contributed by atoms with Crippen molar-refractivity contribution in [1.82, 2.24) is 10.2 Å². The van der Waals surface area contributed by atoms with Crippen LogP contribution in [-0.4, -0.2) is 21.9 Å². The Bertz CT molecular complexity index is 846. The molecule has 3 rings (SSSR count). The molecule has 5 nitrogen and oxygen atoms in total. The van der Waals surface area contributed by atoms with Crippen LogP contribution in [-0.2, 0) is 4.79 Å². The largest absolute Gasteiger partial charge is 0.411 e. The van der Waals surface area contributed by atoms with E-state index >= 15 is 0 Å². The average Bonchev–Trinajstić information content (AvgIpc) is 3.06. The van der Waals surface area contributed by atoms with E-state index in [9.17, 15) is 4.79 Å². The van der Waals surface area contributed by atoms with Gasteiger partial charge in [-0.3, -0.25) is 4.79 Å². The second-order valence-electron chi connectivity index (χ2n) is 5.38. The highest BCUT2D eigenvalue weighted by molar-refractivity contribution is 7.99. The van der Waals surface area contributed by atoms with Crippen LogP contribution in [0.5, 0.6) is 0 Å². The summed E-state index contributed by atoms with van der Waals surface area (Å²) >= 11 is 1.22. The van der Waals surface area contributed by atoms with Gasteiger partial charge in [-0.1, -0.05) is 36.0 Å². The lowest BCUT2D eigenvalue weighted by molar-refractivity contribution is -0.113. The van der Waals surface area contributed by atoms with Gasteiger partial charge in [-0.2, -0.15) is 0 Å². The molecule has 0 atom stereocenters. The molecule has 0 aliphatic rings. The second kappa shape index (κ2) is 7.31. The standard InChI is InChI=1S/C18H17N3O2S/c1-12-8-9-15(10-13(12)2)19-16(22)11-24-18-21-20-17(23-18)14-6-4-3-5-7-14/h3-10H,11H2,1-2H3,(H,19,22). The topological polar surface area (TPSA) is 68.0 Å².